The van der Waals surface area contributed by atoms with E-state index in [2.05, 4.69) is 37.9 Å². The van der Waals surface area contributed by atoms with E-state index < -0.39 is 0 Å². The highest BCUT2D eigenvalue weighted by Crippen LogP contribution is 2.13. The minimum Gasteiger partial charge on any atom is -0.257 e. The van der Waals surface area contributed by atoms with Crippen LogP contribution in [0.3, 0.4) is 0 Å². The fraction of sp³-hybridized carbons (Fsp3) is 0.389. The highest BCUT2D eigenvalue weighted by molar-refractivity contribution is 5.81. The molecule has 1 aromatic rings. The molecule has 0 N–H and O–H groups in total. The molecule has 19 heavy (non-hydrogen) atoms. The summed E-state index contributed by atoms with van der Waals surface area (Å²) in [6, 6.07) is 10.1. The van der Waals surface area contributed by atoms with Crippen molar-refractivity contribution < 1.29 is 0 Å². The third-order valence-electron chi connectivity index (χ3n) is 3.02. The summed E-state index contributed by atoms with van der Waals surface area (Å²) < 4.78 is 0. The maximum absolute atomic E-state index is 4.52. The van der Waals surface area contributed by atoms with Gasteiger partial charge in [0.2, 0.25) is 0 Å². The molecule has 0 unspecified atom stereocenters. The monoisotopic (exact) mass is 255 g/mol. The first-order valence-electron chi connectivity index (χ1n) is 7.28. The van der Waals surface area contributed by atoms with Gasteiger partial charge in [-0.05, 0) is 37.0 Å². The minimum absolute atomic E-state index is 1.01. The van der Waals surface area contributed by atoms with Crippen molar-refractivity contribution in [2.45, 2.75) is 46.5 Å². The summed E-state index contributed by atoms with van der Waals surface area (Å²) in [5.74, 6) is 0. The number of unbranched alkanes of at least 4 members (excludes halogenated alkanes) is 1. The second-order valence-corrected chi connectivity index (χ2v) is 4.59. The third-order valence-corrected chi connectivity index (χ3v) is 3.02. The molecule has 0 atom stereocenters. The smallest absolute Gasteiger partial charge is 0.0629 e. The fourth-order valence-corrected chi connectivity index (χ4v) is 1.78. The molecule has 0 fully saturated rings. The molecule has 0 amide bonds. The van der Waals surface area contributed by atoms with E-state index in [1.165, 1.54) is 17.6 Å². The van der Waals surface area contributed by atoms with Gasteiger partial charge in [-0.15, -0.1) is 0 Å². The van der Waals surface area contributed by atoms with E-state index in [0.29, 0.717) is 0 Å². The maximum atomic E-state index is 4.52. The van der Waals surface area contributed by atoms with Crippen LogP contribution in [0.2, 0.25) is 0 Å². The lowest BCUT2D eigenvalue weighted by molar-refractivity contribution is 0.941. The van der Waals surface area contributed by atoms with Gasteiger partial charge in [0.05, 0.1) is 5.69 Å². The molecule has 0 heterocycles. The molecule has 1 nitrogen and oxygen atoms in total. The van der Waals surface area contributed by atoms with Crippen molar-refractivity contribution in [2.75, 3.05) is 0 Å². The summed E-state index contributed by atoms with van der Waals surface area (Å²) in [7, 11) is 0. The first-order chi connectivity index (χ1) is 9.30. The quantitative estimate of drug-likeness (QED) is 0.427. The minimum atomic E-state index is 1.01. The molecular weight excluding hydrogens is 230 g/mol. The Bertz CT molecular complexity index is 438. The molecule has 0 saturated heterocycles. The standard InChI is InChI=1S/C18H25N/c1-4-7-11-16(5-2)14-17(6-3)15-19-18-12-9-8-10-13-18/h8-15H,4-7H2,1-3H3/b16-11+,17-14+,19-15?. The van der Waals surface area contributed by atoms with E-state index in [-0.39, 0.29) is 0 Å². The van der Waals surface area contributed by atoms with Crippen molar-refractivity contribution in [3.05, 3.63) is 53.6 Å². The fourth-order valence-electron chi connectivity index (χ4n) is 1.78. The van der Waals surface area contributed by atoms with Crippen LogP contribution in [0.25, 0.3) is 0 Å². The molecular formula is C18H25N. The van der Waals surface area contributed by atoms with Crippen LogP contribution >= 0.6 is 0 Å². The average molecular weight is 255 g/mol. The first kappa shape index (κ1) is 15.4. The van der Waals surface area contributed by atoms with Crippen LogP contribution in [-0.2, 0) is 0 Å². The second kappa shape index (κ2) is 9.32. The Balaban J connectivity index is 2.79. The molecule has 1 rings (SSSR count). The number of benzene rings is 1. The number of nitrogens with zero attached hydrogens (tertiary/aromatic N) is 1. The van der Waals surface area contributed by atoms with Crippen molar-refractivity contribution in [3.63, 3.8) is 0 Å². The van der Waals surface area contributed by atoms with Gasteiger partial charge < -0.3 is 0 Å². The zero-order valence-electron chi connectivity index (χ0n) is 12.4. The summed E-state index contributed by atoms with van der Waals surface area (Å²) >= 11 is 0. The largest absolute Gasteiger partial charge is 0.257 e. The van der Waals surface area contributed by atoms with Gasteiger partial charge in [0.25, 0.3) is 0 Å². The van der Waals surface area contributed by atoms with Gasteiger partial charge in [0, 0.05) is 6.21 Å². The van der Waals surface area contributed by atoms with Crippen molar-refractivity contribution in [3.8, 4) is 0 Å². The van der Waals surface area contributed by atoms with Crippen molar-refractivity contribution in [2.24, 2.45) is 4.99 Å². The molecule has 0 aliphatic heterocycles. The topological polar surface area (TPSA) is 12.4 Å². The SMILES string of the molecule is CCC/C=C(/C=C(/C=Nc1ccccc1)CC)CC. The van der Waals surface area contributed by atoms with Gasteiger partial charge in [-0.1, -0.05) is 63.1 Å². The Labute approximate surface area is 117 Å². The van der Waals surface area contributed by atoms with Gasteiger partial charge >= 0.3 is 0 Å². The predicted octanol–water partition coefficient (Wildman–Crippen LogP) is 5.86. The number of rotatable bonds is 7. The van der Waals surface area contributed by atoms with E-state index in [1.54, 1.807) is 0 Å². The number of hydrogen-bond donors (Lipinski definition) is 0. The summed E-state index contributed by atoms with van der Waals surface area (Å²) in [4.78, 5) is 4.52. The summed E-state index contributed by atoms with van der Waals surface area (Å²) in [5, 5.41) is 0. The average Bonchev–Trinajstić information content (AvgIpc) is 2.47. The summed E-state index contributed by atoms with van der Waals surface area (Å²) in [5.41, 5.74) is 3.71. The van der Waals surface area contributed by atoms with Gasteiger partial charge in [0.15, 0.2) is 0 Å². The highest BCUT2D eigenvalue weighted by atomic mass is 14.7. The van der Waals surface area contributed by atoms with Crippen molar-refractivity contribution in [1.82, 2.24) is 0 Å². The molecule has 0 aromatic heterocycles. The van der Waals surface area contributed by atoms with Crippen LogP contribution in [0.5, 0.6) is 0 Å². The molecule has 0 radical (unpaired) electrons. The Morgan fingerprint density at radius 2 is 1.68 bits per heavy atom. The Kier molecular flexibility index (Phi) is 7.57. The van der Waals surface area contributed by atoms with Gasteiger partial charge in [-0.3, -0.25) is 4.99 Å². The van der Waals surface area contributed by atoms with Crippen LogP contribution in [-0.4, -0.2) is 6.21 Å². The lowest BCUT2D eigenvalue weighted by Gasteiger charge is -2.01. The Morgan fingerprint density at radius 3 is 2.26 bits per heavy atom. The Morgan fingerprint density at radius 1 is 1.00 bits per heavy atom. The van der Waals surface area contributed by atoms with Crippen molar-refractivity contribution in [1.29, 1.82) is 0 Å². The lowest BCUT2D eigenvalue weighted by Crippen LogP contribution is -1.86. The van der Waals surface area contributed by atoms with E-state index in [9.17, 15) is 0 Å². The van der Waals surface area contributed by atoms with Crippen molar-refractivity contribution >= 4 is 11.9 Å². The Hall–Kier alpha value is -1.63. The van der Waals surface area contributed by atoms with Crippen LogP contribution in [0.1, 0.15) is 46.5 Å². The first-order valence-corrected chi connectivity index (χ1v) is 7.28. The van der Waals surface area contributed by atoms with Gasteiger partial charge in [-0.25, -0.2) is 0 Å². The number of allylic oxidation sites excluding steroid dienone is 4. The van der Waals surface area contributed by atoms with Crippen LogP contribution in [0.4, 0.5) is 5.69 Å². The number of para-hydroxylation sites is 1. The predicted molar refractivity (Wildman–Crippen MR) is 86.3 cm³/mol. The third kappa shape index (κ3) is 6.19. The molecule has 0 spiro atoms. The molecule has 0 aliphatic rings. The normalized spacial score (nSPS) is 13.2. The molecule has 0 aliphatic carbocycles. The van der Waals surface area contributed by atoms with Crippen LogP contribution in [0.15, 0.2) is 58.6 Å². The second-order valence-electron chi connectivity index (χ2n) is 4.59. The van der Waals surface area contributed by atoms with Crippen LogP contribution in [0, 0.1) is 0 Å². The van der Waals surface area contributed by atoms with Gasteiger partial charge in [0.1, 0.15) is 0 Å². The highest BCUT2D eigenvalue weighted by Gasteiger charge is 1.94. The van der Waals surface area contributed by atoms with E-state index >= 15 is 0 Å². The van der Waals surface area contributed by atoms with E-state index in [4.69, 9.17) is 0 Å². The van der Waals surface area contributed by atoms with Gasteiger partial charge in [-0.2, -0.15) is 0 Å². The maximum Gasteiger partial charge on any atom is 0.0629 e. The van der Waals surface area contributed by atoms with E-state index in [1.807, 2.05) is 36.5 Å². The molecule has 0 saturated carbocycles. The number of aliphatic imine (C=N–C) groups is 1. The summed E-state index contributed by atoms with van der Waals surface area (Å²) in [6.07, 6.45) is 11.1. The molecule has 102 valence electrons. The zero-order valence-corrected chi connectivity index (χ0v) is 12.4. The lowest BCUT2D eigenvalue weighted by atomic mass is 10.1. The van der Waals surface area contributed by atoms with Crippen LogP contribution < -0.4 is 0 Å². The molecule has 1 aromatic carbocycles. The number of hydrogen-bond acceptors (Lipinski definition) is 1. The molecule has 1 heteroatoms. The zero-order chi connectivity index (χ0) is 13.9. The molecule has 0 bridgehead atoms. The van der Waals surface area contributed by atoms with E-state index in [0.717, 1.165) is 24.9 Å². The summed E-state index contributed by atoms with van der Waals surface area (Å²) in [6.45, 7) is 6.60.